The molecule has 34 heavy (non-hydrogen) atoms. The molecule has 0 spiro atoms. The third kappa shape index (κ3) is 5.56. The number of aromatic nitrogens is 3. The van der Waals surface area contributed by atoms with E-state index in [0.717, 1.165) is 22.9 Å². The van der Waals surface area contributed by atoms with Gasteiger partial charge in [0, 0.05) is 10.9 Å². The van der Waals surface area contributed by atoms with E-state index in [0.29, 0.717) is 5.02 Å². The summed E-state index contributed by atoms with van der Waals surface area (Å²) in [6.45, 7) is 0. The fourth-order valence-electron chi connectivity index (χ4n) is 4.03. The van der Waals surface area contributed by atoms with Gasteiger partial charge in [0.05, 0.1) is 11.4 Å². The first-order chi connectivity index (χ1) is 16.3. The molecule has 168 valence electrons. The first-order valence-corrected chi connectivity index (χ1v) is 11.1. The Kier molecular flexibility index (Phi) is 8.82. The molecule has 2 fully saturated rings. The monoisotopic (exact) mass is 507 g/mol. The van der Waals surface area contributed by atoms with Crippen molar-refractivity contribution < 1.29 is 17.1 Å². The number of halogens is 1. The minimum atomic E-state index is -0.119. The number of para-hydroxylation sites is 1. The largest absolute Gasteiger partial charge is 2.00 e. The molecule has 5 nitrogen and oxygen atoms in total. The molecular formula is C27H22ClFeN5+2. The first-order valence-electron chi connectivity index (χ1n) is 10.7. The zero-order valence-electron chi connectivity index (χ0n) is 18.2. The molecule has 1 aliphatic heterocycles. The van der Waals surface area contributed by atoms with Gasteiger partial charge in [0.1, 0.15) is 24.7 Å². The summed E-state index contributed by atoms with van der Waals surface area (Å²) in [6, 6.07) is 17.9. The fraction of sp³-hybridized carbons (Fsp3) is 0.0741. The molecule has 7 heteroatoms. The van der Waals surface area contributed by atoms with Crippen molar-refractivity contribution in [3.05, 3.63) is 142 Å². The Morgan fingerprint density at radius 3 is 1.97 bits per heavy atom. The van der Waals surface area contributed by atoms with Crippen LogP contribution in [0.1, 0.15) is 17.6 Å². The van der Waals surface area contributed by atoms with Crippen LogP contribution in [-0.2, 0) is 17.1 Å². The summed E-state index contributed by atoms with van der Waals surface area (Å²) in [5.74, 6) is 1.08. The number of anilines is 1. The zero-order valence-corrected chi connectivity index (χ0v) is 20.0. The van der Waals surface area contributed by atoms with Gasteiger partial charge < -0.3 is 0 Å². The Morgan fingerprint density at radius 2 is 1.38 bits per heavy atom. The molecule has 0 saturated heterocycles. The van der Waals surface area contributed by atoms with Crippen molar-refractivity contribution in [2.75, 3.05) is 5.01 Å². The SMILES string of the molecule is Clc1ccc([C@H]2[C@H](n3cncn3)C([C]3[CH][CH][CH][CH]3)=NN2c2ccccc2)cc1.[CH]1[CH][CH][CH][CH]1.[Fe+2]. The Hall–Kier alpha value is -2.14. The van der Waals surface area contributed by atoms with E-state index >= 15 is 0 Å². The Labute approximate surface area is 218 Å². The van der Waals surface area contributed by atoms with Gasteiger partial charge in [-0.2, -0.15) is 10.2 Å². The van der Waals surface area contributed by atoms with Gasteiger partial charge in [0.2, 0.25) is 0 Å². The van der Waals surface area contributed by atoms with E-state index in [1.807, 2.05) is 80.0 Å². The number of rotatable bonds is 4. The van der Waals surface area contributed by atoms with Gasteiger partial charge in [-0.25, -0.2) is 9.67 Å². The molecule has 3 aliphatic rings. The average molecular weight is 508 g/mol. The van der Waals surface area contributed by atoms with Crippen LogP contribution in [0.4, 0.5) is 5.69 Å². The van der Waals surface area contributed by atoms with Crippen molar-refractivity contribution in [1.82, 2.24) is 14.8 Å². The van der Waals surface area contributed by atoms with Crippen LogP contribution in [0, 0.1) is 63.7 Å². The maximum absolute atomic E-state index is 6.15. The van der Waals surface area contributed by atoms with Gasteiger partial charge in [-0.3, -0.25) is 5.01 Å². The molecule has 2 saturated carbocycles. The van der Waals surface area contributed by atoms with E-state index in [4.69, 9.17) is 16.7 Å². The average Bonchev–Trinajstić information content (AvgIpc) is 3.66. The second-order valence-corrected chi connectivity index (χ2v) is 8.05. The Bertz CT molecular complexity index is 1020. The first kappa shape index (κ1) is 25.0. The van der Waals surface area contributed by atoms with Gasteiger partial charge in [0.25, 0.3) is 0 Å². The van der Waals surface area contributed by atoms with E-state index < -0.39 is 0 Å². The molecule has 2 aromatic carbocycles. The summed E-state index contributed by atoms with van der Waals surface area (Å²) >= 11 is 6.15. The molecule has 3 aromatic rings. The fourth-order valence-corrected chi connectivity index (χ4v) is 4.15. The Morgan fingerprint density at radius 1 is 0.735 bits per heavy atom. The van der Waals surface area contributed by atoms with E-state index in [9.17, 15) is 0 Å². The van der Waals surface area contributed by atoms with E-state index in [1.165, 1.54) is 0 Å². The van der Waals surface area contributed by atoms with Gasteiger partial charge >= 0.3 is 17.1 Å². The van der Waals surface area contributed by atoms with E-state index in [1.54, 1.807) is 12.7 Å². The molecule has 0 unspecified atom stereocenters. The maximum Gasteiger partial charge on any atom is 2.00 e. The molecule has 0 bridgehead atoms. The number of benzene rings is 2. The summed E-state index contributed by atoms with van der Waals surface area (Å²) in [5.41, 5.74) is 3.09. The molecule has 2 aliphatic carbocycles. The van der Waals surface area contributed by atoms with Gasteiger partial charge in [0.15, 0.2) is 0 Å². The molecule has 1 aromatic heterocycles. The van der Waals surface area contributed by atoms with Crippen molar-refractivity contribution in [3.8, 4) is 0 Å². The third-order valence-electron chi connectivity index (χ3n) is 5.53. The van der Waals surface area contributed by atoms with Gasteiger partial charge in [-0.15, -0.1) is 0 Å². The number of hydrogen-bond donors (Lipinski definition) is 0. The van der Waals surface area contributed by atoms with Crippen molar-refractivity contribution in [2.24, 2.45) is 5.10 Å². The van der Waals surface area contributed by atoms with Crippen LogP contribution in [0.25, 0.3) is 0 Å². The quantitative estimate of drug-likeness (QED) is 0.437. The molecule has 0 N–H and O–H groups in total. The van der Waals surface area contributed by atoms with Crippen LogP contribution in [0.2, 0.25) is 5.02 Å². The van der Waals surface area contributed by atoms with Crippen molar-refractivity contribution >= 4 is 23.0 Å². The maximum atomic E-state index is 6.15. The summed E-state index contributed by atoms with van der Waals surface area (Å²) < 4.78 is 1.88. The predicted octanol–water partition coefficient (Wildman–Crippen LogP) is 5.51. The minimum Gasteiger partial charge on any atom is -0.255 e. The third-order valence-corrected chi connectivity index (χ3v) is 5.78. The Balaban J connectivity index is 0.000000407. The molecular weight excluding hydrogens is 486 g/mol. The molecule has 2 atom stereocenters. The summed E-state index contributed by atoms with van der Waals surface area (Å²) in [6.07, 6.45) is 21.5. The number of hydrogen-bond acceptors (Lipinski definition) is 4. The molecule has 10 radical (unpaired) electrons. The molecule has 0 amide bonds. The second kappa shape index (κ2) is 12.0. The smallest absolute Gasteiger partial charge is 0.255 e. The summed E-state index contributed by atoms with van der Waals surface area (Å²) in [4.78, 5) is 4.18. The van der Waals surface area contributed by atoms with Crippen molar-refractivity contribution in [1.29, 1.82) is 0 Å². The topological polar surface area (TPSA) is 46.3 Å². The van der Waals surface area contributed by atoms with E-state index in [2.05, 4.69) is 52.2 Å². The second-order valence-electron chi connectivity index (χ2n) is 7.62. The molecule has 6 rings (SSSR count). The van der Waals surface area contributed by atoms with Crippen LogP contribution >= 0.6 is 11.6 Å². The van der Waals surface area contributed by atoms with Gasteiger partial charge in [-0.1, -0.05) is 41.9 Å². The zero-order chi connectivity index (χ0) is 22.5. The predicted molar refractivity (Wildman–Crippen MR) is 132 cm³/mol. The normalized spacial score (nSPS) is 22.1. The summed E-state index contributed by atoms with van der Waals surface area (Å²) in [7, 11) is 0. The molecule has 2 heterocycles. The van der Waals surface area contributed by atoms with Crippen LogP contribution in [-0.4, -0.2) is 20.5 Å². The van der Waals surface area contributed by atoms with Crippen LogP contribution in [0.5, 0.6) is 0 Å². The number of nitrogens with zero attached hydrogens (tertiary/aromatic N) is 5. The van der Waals surface area contributed by atoms with Crippen molar-refractivity contribution in [2.45, 2.75) is 12.1 Å². The van der Waals surface area contributed by atoms with Crippen LogP contribution in [0.15, 0.2) is 72.4 Å². The summed E-state index contributed by atoms with van der Waals surface area (Å²) in [5, 5.41) is 12.3. The minimum absolute atomic E-state index is 0. The van der Waals surface area contributed by atoms with E-state index in [-0.39, 0.29) is 29.2 Å². The van der Waals surface area contributed by atoms with Gasteiger partial charge in [-0.05, 0) is 87.6 Å². The van der Waals surface area contributed by atoms with Crippen LogP contribution in [0.3, 0.4) is 0 Å². The van der Waals surface area contributed by atoms with Crippen LogP contribution < -0.4 is 5.01 Å². The number of hydrazone groups is 1. The standard InChI is InChI=1S/C22H17ClN5.C5H5.Fe/c23-18-12-10-17(11-13-18)21-22(27-15-24-14-25-27)20(16-6-4-5-7-16)26-28(21)19-8-2-1-3-9-19;1-2-4-5-3-1;/h1-15,21-22H;1-5H;/q;;+2/t21-,22+;;/m0../s1. The van der Waals surface area contributed by atoms with Crippen molar-refractivity contribution in [3.63, 3.8) is 0 Å².